The van der Waals surface area contributed by atoms with Crippen LogP contribution in [-0.4, -0.2) is 30.9 Å². The Bertz CT molecular complexity index is 856. The molecule has 3 rings (SSSR count). The second kappa shape index (κ2) is 5.16. The minimum atomic E-state index is -3.71. The highest BCUT2D eigenvalue weighted by molar-refractivity contribution is 7.92. The third kappa shape index (κ3) is 2.98. The Morgan fingerprint density at radius 1 is 1.35 bits per heavy atom. The Morgan fingerprint density at radius 2 is 2.09 bits per heavy atom. The van der Waals surface area contributed by atoms with E-state index in [4.69, 9.17) is 9.47 Å². The number of aryl methyl sites for hydroxylation is 1. The summed E-state index contributed by atoms with van der Waals surface area (Å²) in [5, 5.41) is 4.03. The zero-order valence-electron chi connectivity index (χ0n) is 13.5. The van der Waals surface area contributed by atoms with Gasteiger partial charge in [-0.05, 0) is 37.6 Å². The quantitative estimate of drug-likeness (QED) is 0.922. The zero-order chi connectivity index (χ0) is 16.8. The van der Waals surface area contributed by atoms with E-state index in [1.807, 2.05) is 13.8 Å². The highest BCUT2D eigenvalue weighted by Crippen LogP contribution is 2.36. The van der Waals surface area contributed by atoms with E-state index in [1.54, 1.807) is 19.2 Å². The number of nitrogens with zero attached hydrogens (tertiary/aromatic N) is 2. The average Bonchev–Trinajstić information content (AvgIpc) is 2.95. The lowest BCUT2D eigenvalue weighted by Crippen LogP contribution is -2.24. The molecule has 0 amide bonds. The van der Waals surface area contributed by atoms with Crippen LogP contribution in [0.25, 0.3) is 0 Å². The number of benzene rings is 1. The molecule has 1 aromatic heterocycles. The summed E-state index contributed by atoms with van der Waals surface area (Å²) in [4.78, 5) is 0.192. The summed E-state index contributed by atoms with van der Waals surface area (Å²) >= 11 is 0. The van der Waals surface area contributed by atoms with E-state index in [1.165, 1.54) is 23.9 Å². The van der Waals surface area contributed by atoms with E-state index in [-0.39, 0.29) is 10.5 Å². The zero-order valence-corrected chi connectivity index (χ0v) is 14.3. The van der Waals surface area contributed by atoms with Crippen LogP contribution in [0.1, 0.15) is 19.4 Å². The molecule has 2 aromatic rings. The maximum absolute atomic E-state index is 12.6. The van der Waals surface area contributed by atoms with Gasteiger partial charge in [-0.15, -0.1) is 5.10 Å². The fourth-order valence-corrected chi connectivity index (χ4v) is 3.71. The van der Waals surface area contributed by atoms with Gasteiger partial charge in [0.2, 0.25) is 5.88 Å². The monoisotopic (exact) mass is 337 g/mol. The third-order valence-corrected chi connectivity index (χ3v) is 5.00. The predicted octanol–water partition coefficient (Wildman–Crippen LogP) is 1.94. The molecule has 0 saturated carbocycles. The van der Waals surface area contributed by atoms with E-state index < -0.39 is 10.0 Å². The topological polar surface area (TPSA) is 82.5 Å². The molecule has 8 heteroatoms. The number of anilines is 1. The van der Waals surface area contributed by atoms with Gasteiger partial charge in [0, 0.05) is 19.5 Å². The molecule has 1 N–H and O–H groups in total. The number of fused-ring (bicyclic) bond motifs is 1. The number of rotatable bonds is 4. The Labute approximate surface area is 135 Å². The lowest BCUT2D eigenvalue weighted by atomic mass is 10.0. The molecule has 0 atom stereocenters. The molecule has 0 saturated heterocycles. The van der Waals surface area contributed by atoms with Crippen LogP contribution in [0.4, 0.5) is 5.82 Å². The number of ether oxygens (including phenoxy) is 2. The molecule has 0 aliphatic carbocycles. The fraction of sp³-hybridized carbons (Fsp3) is 0.400. The Morgan fingerprint density at radius 3 is 2.74 bits per heavy atom. The molecule has 0 unspecified atom stereocenters. The van der Waals surface area contributed by atoms with Gasteiger partial charge in [-0.2, -0.15) is 0 Å². The van der Waals surface area contributed by atoms with Gasteiger partial charge in [0.05, 0.1) is 12.0 Å². The minimum absolute atomic E-state index is 0.192. The molecule has 7 nitrogen and oxygen atoms in total. The third-order valence-electron chi connectivity index (χ3n) is 3.65. The molecule has 2 heterocycles. The highest BCUT2D eigenvalue weighted by Gasteiger charge is 2.31. The van der Waals surface area contributed by atoms with Crippen LogP contribution < -0.4 is 14.2 Å². The number of hydrogen-bond acceptors (Lipinski definition) is 5. The van der Waals surface area contributed by atoms with Crippen LogP contribution in [-0.2, 0) is 23.5 Å². The van der Waals surface area contributed by atoms with Crippen molar-refractivity contribution in [2.75, 3.05) is 11.8 Å². The van der Waals surface area contributed by atoms with Crippen molar-refractivity contribution in [3.63, 3.8) is 0 Å². The highest BCUT2D eigenvalue weighted by atomic mass is 32.2. The van der Waals surface area contributed by atoms with Crippen molar-refractivity contribution in [1.29, 1.82) is 0 Å². The Hall–Kier alpha value is -2.22. The molecule has 1 aliphatic rings. The standard InChI is InChI=1S/C15H19N3O4S/c1-15(2)9-10-7-11(5-6-12(10)22-15)23(19,20)17-13-8-14(21-4)16-18(13)3/h5-8,17H,9H2,1-4H3. The summed E-state index contributed by atoms with van der Waals surface area (Å²) in [6, 6.07) is 6.41. The average molecular weight is 337 g/mol. The largest absolute Gasteiger partial charge is 0.487 e. The number of methoxy groups -OCH3 is 1. The van der Waals surface area contributed by atoms with Gasteiger partial charge in [-0.1, -0.05) is 0 Å². The van der Waals surface area contributed by atoms with Crippen molar-refractivity contribution < 1.29 is 17.9 Å². The van der Waals surface area contributed by atoms with Crippen LogP contribution in [0.15, 0.2) is 29.2 Å². The van der Waals surface area contributed by atoms with Gasteiger partial charge >= 0.3 is 0 Å². The van der Waals surface area contributed by atoms with Crippen molar-refractivity contribution in [3.05, 3.63) is 29.8 Å². The van der Waals surface area contributed by atoms with Crippen LogP contribution in [0.3, 0.4) is 0 Å². The molecule has 1 aliphatic heterocycles. The number of hydrogen-bond donors (Lipinski definition) is 1. The predicted molar refractivity (Wildman–Crippen MR) is 85.4 cm³/mol. The van der Waals surface area contributed by atoms with E-state index in [2.05, 4.69) is 9.82 Å². The lowest BCUT2D eigenvalue weighted by Gasteiger charge is -2.16. The van der Waals surface area contributed by atoms with Crippen LogP contribution in [0.5, 0.6) is 11.6 Å². The first kappa shape index (κ1) is 15.7. The van der Waals surface area contributed by atoms with Gasteiger partial charge in [0.15, 0.2) is 0 Å². The number of nitrogens with one attached hydrogen (secondary N) is 1. The van der Waals surface area contributed by atoms with Gasteiger partial charge in [0.25, 0.3) is 10.0 Å². The number of sulfonamides is 1. The van der Waals surface area contributed by atoms with E-state index in [0.29, 0.717) is 18.1 Å². The molecule has 0 fully saturated rings. The molecule has 124 valence electrons. The van der Waals surface area contributed by atoms with E-state index >= 15 is 0 Å². The second-order valence-corrected chi connectivity index (χ2v) is 7.79. The summed E-state index contributed by atoms with van der Waals surface area (Å²) in [6.45, 7) is 3.95. The first-order valence-electron chi connectivity index (χ1n) is 7.13. The van der Waals surface area contributed by atoms with Crippen LogP contribution >= 0.6 is 0 Å². The van der Waals surface area contributed by atoms with Crippen LogP contribution in [0.2, 0.25) is 0 Å². The van der Waals surface area contributed by atoms with Crippen LogP contribution in [0, 0.1) is 0 Å². The van der Waals surface area contributed by atoms with E-state index in [9.17, 15) is 8.42 Å². The van der Waals surface area contributed by atoms with Crippen molar-refractivity contribution >= 4 is 15.8 Å². The molecule has 23 heavy (non-hydrogen) atoms. The van der Waals surface area contributed by atoms with Gasteiger partial charge in [-0.3, -0.25) is 4.72 Å². The molecule has 0 bridgehead atoms. The lowest BCUT2D eigenvalue weighted by molar-refractivity contribution is 0.138. The molecule has 1 aromatic carbocycles. The molecule has 0 radical (unpaired) electrons. The normalized spacial score (nSPS) is 15.8. The molecular weight excluding hydrogens is 318 g/mol. The van der Waals surface area contributed by atoms with Crippen molar-refractivity contribution in [2.24, 2.45) is 7.05 Å². The van der Waals surface area contributed by atoms with E-state index in [0.717, 1.165) is 11.3 Å². The van der Waals surface area contributed by atoms with Gasteiger partial charge < -0.3 is 9.47 Å². The smallest absolute Gasteiger partial charge is 0.263 e. The summed E-state index contributed by atoms with van der Waals surface area (Å²) in [5.74, 6) is 1.41. The Kier molecular flexibility index (Phi) is 3.51. The van der Waals surface area contributed by atoms with Crippen molar-refractivity contribution in [3.8, 4) is 11.6 Å². The van der Waals surface area contributed by atoms with Crippen molar-refractivity contribution in [2.45, 2.75) is 30.8 Å². The minimum Gasteiger partial charge on any atom is -0.487 e. The van der Waals surface area contributed by atoms with Crippen molar-refractivity contribution in [1.82, 2.24) is 9.78 Å². The second-order valence-electron chi connectivity index (χ2n) is 6.11. The maximum Gasteiger partial charge on any atom is 0.263 e. The van der Waals surface area contributed by atoms with Gasteiger partial charge in [-0.25, -0.2) is 13.1 Å². The van der Waals surface area contributed by atoms with Gasteiger partial charge in [0.1, 0.15) is 17.2 Å². The molecule has 0 spiro atoms. The number of aromatic nitrogens is 2. The summed E-state index contributed by atoms with van der Waals surface area (Å²) in [5.41, 5.74) is 0.577. The first-order chi connectivity index (χ1) is 10.7. The summed E-state index contributed by atoms with van der Waals surface area (Å²) in [7, 11) is -0.598. The fourth-order valence-electron chi connectivity index (χ4n) is 2.59. The maximum atomic E-state index is 12.6. The first-order valence-corrected chi connectivity index (χ1v) is 8.61. The SMILES string of the molecule is COc1cc(NS(=O)(=O)c2ccc3c(c2)CC(C)(C)O3)n(C)n1. The Balaban J connectivity index is 1.90. The summed E-state index contributed by atoms with van der Waals surface area (Å²) in [6.07, 6.45) is 0.672. The summed E-state index contributed by atoms with van der Waals surface area (Å²) < 4.78 is 39.9. The molecular formula is C15H19N3O4S.